The van der Waals surface area contributed by atoms with Gasteiger partial charge in [-0.2, -0.15) is 5.26 Å². The maximum absolute atomic E-state index is 8.79. The lowest BCUT2D eigenvalue weighted by Crippen LogP contribution is -1.89. The highest BCUT2D eigenvalue weighted by Gasteiger charge is 2.06. The second kappa shape index (κ2) is 4.15. The van der Waals surface area contributed by atoms with Gasteiger partial charge in [0.15, 0.2) is 0 Å². The number of rotatable bonds is 2. The molecule has 0 aliphatic rings. The van der Waals surface area contributed by atoms with Gasteiger partial charge in [0.1, 0.15) is 11.9 Å². The minimum Gasteiger partial charge on any atom is -0.342 e. The van der Waals surface area contributed by atoms with Crippen molar-refractivity contribution >= 4 is 0 Å². The van der Waals surface area contributed by atoms with Crippen molar-refractivity contribution in [2.45, 2.75) is 19.8 Å². The molecule has 4 heteroatoms. The van der Waals surface area contributed by atoms with Crippen LogP contribution >= 0.6 is 0 Å². The molecule has 0 radical (unpaired) electrons. The Morgan fingerprint density at radius 2 is 2.12 bits per heavy atom. The van der Waals surface area contributed by atoms with Gasteiger partial charge in [-0.3, -0.25) is 4.98 Å². The van der Waals surface area contributed by atoms with Gasteiger partial charge in [-0.1, -0.05) is 13.8 Å². The molecule has 0 aliphatic carbocycles. The van der Waals surface area contributed by atoms with Crippen LogP contribution in [0.4, 0.5) is 0 Å². The monoisotopic (exact) mass is 212 g/mol. The van der Waals surface area contributed by atoms with E-state index >= 15 is 0 Å². The van der Waals surface area contributed by atoms with Crippen LogP contribution in [0.2, 0.25) is 0 Å². The molecule has 0 saturated carbocycles. The largest absolute Gasteiger partial charge is 0.342 e. The summed E-state index contributed by atoms with van der Waals surface area (Å²) >= 11 is 0. The number of aromatic amines is 1. The summed E-state index contributed by atoms with van der Waals surface area (Å²) in [5.74, 6) is 1.30. The summed E-state index contributed by atoms with van der Waals surface area (Å²) in [5.41, 5.74) is 2.34. The Balaban J connectivity index is 2.39. The summed E-state index contributed by atoms with van der Waals surface area (Å²) in [7, 11) is 0. The van der Waals surface area contributed by atoms with E-state index in [2.05, 4.69) is 34.9 Å². The lowest BCUT2D eigenvalue weighted by atomic mass is 10.2. The first-order valence-corrected chi connectivity index (χ1v) is 5.11. The van der Waals surface area contributed by atoms with Gasteiger partial charge in [-0.15, -0.1) is 0 Å². The Labute approximate surface area is 94.0 Å². The van der Waals surface area contributed by atoms with Crippen molar-refractivity contribution in [3.63, 3.8) is 0 Å². The van der Waals surface area contributed by atoms with Gasteiger partial charge in [-0.05, 0) is 6.07 Å². The van der Waals surface area contributed by atoms with Crippen LogP contribution in [0.5, 0.6) is 0 Å². The molecule has 16 heavy (non-hydrogen) atoms. The van der Waals surface area contributed by atoms with Gasteiger partial charge in [0.2, 0.25) is 0 Å². The smallest absolute Gasteiger partial charge is 0.109 e. The van der Waals surface area contributed by atoms with E-state index in [-0.39, 0.29) is 0 Å². The summed E-state index contributed by atoms with van der Waals surface area (Å²) in [6.45, 7) is 4.15. The topological polar surface area (TPSA) is 65.4 Å². The zero-order chi connectivity index (χ0) is 11.5. The van der Waals surface area contributed by atoms with Crippen molar-refractivity contribution < 1.29 is 0 Å². The van der Waals surface area contributed by atoms with Gasteiger partial charge < -0.3 is 4.98 Å². The number of aromatic nitrogens is 3. The molecule has 0 spiro atoms. The zero-order valence-electron chi connectivity index (χ0n) is 9.23. The molecule has 1 N–H and O–H groups in total. The van der Waals surface area contributed by atoms with Crippen LogP contribution in [-0.4, -0.2) is 15.0 Å². The molecule has 0 saturated heterocycles. The number of pyridine rings is 1. The Hall–Kier alpha value is -2.15. The lowest BCUT2D eigenvalue weighted by molar-refractivity contribution is 0.795. The third kappa shape index (κ3) is 1.94. The maximum Gasteiger partial charge on any atom is 0.109 e. The average molecular weight is 212 g/mol. The lowest BCUT2D eigenvalue weighted by Gasteiger charge is -1.99. The van der Waals surface area contributed by atoms with E-state index in [9.17, 15) is 0 Å². The Bertz CT molecular complexity index is 534. The van der Waals surface area contributed by atoms with Crippen LogP contribution in [0.3, 0.4) is 0 Å². The molecule has 4 nitrogen and oxygen atoms in total. The van der Waals surface area contributed by atoms with Gasteiger partial charge in [0.25, 0.3) is 0 Å². The number of hydrogen-bond donors (Lipinski definition) is 1. The van der Waals surface area contributed by atoms with E-state index in [1.807, 2.05) is 0 Å². The van der Waals surface area contributed by atoms with Crippen LogP contribution < -0.4 is 0 Å². The van der Waals surface area contributed by atoms with Crippen LogP contribution in [0.25, 0.3) is 11.3 Å². The van der Waals surface area contributed by atoms with Gasteiger partial charge >= 0.3 is 0 Å². The highest BCUT2D eigenvalue weighted by molar-refractivity contribution is 5.59. The average Bonchev–Trinajstić information content (AvgIpc) is 2.78. The van der Waals surface area contributed by atoms with E-state index in [1.165, 1.54) is 0 Å². The Morgan fingerprint density at radius 3 is 2.75 bits per heavy atom. The van der Waals surface area contributed by atoms with Crippen LogP contribution in [0, 0.1) is 11.3 Å². The first-order valence-electron chi connectivity index (χ1n) is 5.11. The first-order chi connectivity index (χ1) is 7.70. The van der Waals surface area contributed by atoms with Crippen molar-refractivity contribution in [1.82, 2.24) is 15.0 Å². The van der Waals surface area contributed by atoms with Crippen molar-refractivity contribution in [3.05, 3.63) is 36.0 Å². The fraction of sp³-hybridized carbons (Fsp3) is 0.250. The van der Waals surface area contributed by atoms with E-state index in [1.54, 1.807) is 24.7 Å². The van der Waals surface area contributed by atoms with Crippen molar-refractivity contribution in [2.75, 3.05) is 0 Å². The quantitative estimate of drug-likeness (QED) is 0.831. The van der Waals surface area contributed by atoms with E-state index in [4.69, 9.17) is 5.26 Å². The molecule has 2 heterocycles. The second-order valence-electron chi connectivity index (χ2n) is 3.91. The van der Waals surface area contributed by atoms with Crippen LogP contribution in [0.1, 0.15) is 31.2 Å². The normalized spacial score (nSPS) is 10.4. The standard InChI is InChI=1S/C12H12N4/c1-8(2)12-15-7-11(16-12)10-3-9(4-13)5-14-6-10/h3,5-8H,1-2H3,(H,15,16). The highest BCUT2D eigenvalue weighted by Crippen LogP contribution is 2.19. The SMILES string of the molecule is CC(C)c1ncc(-c2cncc(C#N)c2)[nH]1. The molecule has 0 aromatic carbocycles. The third-order valence-electron chi connectivity index (χ3n) is 2.32. The van der Waals surface area contributed by atoms with Crippen molar-refractivity contribution in [1.29, 1.82) is 5.26 Å². The number of hydrogen-bond acceptors (Lipinski definition) is 3. The highest BCUT2D eigenvalue weighted by atomic mass is 14.9. The molecule has 2 aromatic rings. The van der Waals surface area contributed by atoms with Gasteiger partial charge in [-0.25, -0.2) is 4.98 Å². The number of nitriles is 1. The Morgan fingerprint density at radius 1 is 1.31 bits per heavy atom. The molecular weight excluding hydrogens is 200 g/mol. The summed E-state index contributed by atoms with van der Waals surface area (Å²) in [6.07, 6.45) is 5.04. The molecule has 0 atom stereocenters. The van der Waals surface area contributed by atoms with E-state index in [0.717, 1.165) is 17.1 Å². The molecule has 0 fully saturated rings. The van der Waals surface area contributed by atoms with Crippen LogP contribution in [0.15, 0.2) is 24.7 Å². The molecule has 2 aromatic heterocycles. The number of H-pyrrole nitrogens is 1. The van der Waals surface area contributed by atoms with E-state index < -0.39 is 0 Å². The first kappa shape index (κ1) is 10.4. The number of nitrogens with zero attached hydrogens (tertiary/aromatic N) is 3. The third-order valence-corrected chi connectivity index (χ3v) is 2.32. The molecule has 0 unspecified atom stereocenters. The summed E-state index contributed by atoms with van der Waals surface area (Å²) in [6, 6.07) is 3.87. The molecule has 80 valence electrons. The van der Waals surface area contributed by atoms with Crippen molar-refractivity contribution in [3.8, 4) is 17.3 Å². The molecular formula is C12H12N4. The van der Waals surface area contributed by atoms with Crippen molar-refractivity contribution in [2.24, 2.45) is 0 Å². The predicted molar refractivity (Wildman–Crippen MR) is 60.6 cm³/mol. The second-order valence-corrected chi connectivity index (χ2v) is 3.91. The molecule has 0 aliphatic heterocycles. The predicted octanol–water partition coefficient (Wildman–Crippen LogP) is 2.47. The fourth-order valence-electron chi connectivity index (χ4n) is 1.43. The van der Waals surface area contributed by atoms with E-state index in [0.29, 0.717) is 11.5 Å². The fourth-order valence-corrected chi connectivity index (χ4v) is 1.43. The minimum absolute atomic E-state index is 0.362. The van der Waals surface area contributed by atoms with Gasteiger partial charge in [0, 0.05) is 23.9 Å². The van der Waals surface area contributed by atoms with Gasteiger partial charge in [0.05, 0.1) is 17.5 Å². The molecule has 0 bridgehead atoms. The summed E-state index contributed by atoms with van der Waals surface area (Å²) < 4.78 is 0. The number of nitrogens with one attached hydrogen (secondary N) is 1. The Kier molecular flexibility index (Phi) is 2.69. The number of imidazole rings is 1. The molecule has 0 amide bonds. The maximum atomic E-state index is 8.79. The summed E-state index contributed by atoms with van der Waals surface area (Å²) in [4.78, 5) is 11.5. The van der Waals surface area contributed by atoms with Crippen LogP contribution in [-0.2, 0) is 0 Å². The minimum atomic E-state index is 0.362. The molecule has 2 rings (SSSR count). The zero-order valence-corrected chi connectivity index (χ0v) is 9.23. The summed E-state index contributed by atoms with van der Waals surface area (Å²) in [5, 5.41) is 8.79.